The third kappa shape index (κ3) is 4.35. The average molecular weight is 311 g/mol. The Labute approximate surface area is 132 Å². The summed E-state index contributed by atoms with van der Waals surface area (Å²) in [6, 6.07) is -0.0630. The summed E-state index contributed by atoms with van der Waals surface area (Å²) in [4.78, 5) is 26.2. The fraction of sp³-hybridized carbons (Fsp3) is 0.875. The molecule has 2 rings (SSSR count). The molecule has 3 atom stereocenters. The molecule has 0 unspecified atom stereocenters. The summed E-state index contributed by atoms with van der Waals surface area (Å²) in [5.41, 5.74) is 0. The molecule has 2 fully saturated rings. The third-order valence-electron chi connectivity index (χ3n) is 4.79. The highest BCUT2D eigenvalue weighted by molar-refractivity contribution is 5.81. The van der Waals surface area contributed by atoms with Crippen molar-refractivity contribution in [2.45, 2.75) is 45.1 Å². The van der Waals surface area contributed by atoms with Crippen LogP contribution in [0.1, 0.15) is 39.0 Å². The van der Waals surface area contributed by atoms with Crippen LogP contribution in [0.15, 0.2) is 0 Å². The second-order valence-electron chi connectivity index (χ2n) is 6.32. The third-order valence-corrected chi connectivity index (χ3v) is 4.79. The number of carbonyl (C=O) groups excluding carboxylic acids is 2. The van der Waals surface area contributed by atoms with Crippen LogP contribution >= 0.6 is 0 Å². The van der Waals surface area contributed by atoms with Crippen molar-refractivity contribution in [2.75, 3.05) is 33.4 Å². The zero-order valence-electron chi connectivity index (χ0n) is 13.8. The highest BCUT2D eigenvalue weighted by Gasteiger charge is 2.34. The van der Waals surface area contributed by atoms with Crippen molar-refractivity contribution in [3.05, 3.63) is 0 Å². The number of rotatable bonds is 5. The number of amides is 3. The van der Waals surface area contributed by atoms with Crippen LogP contribution in [0.2, 0.25) is 0 Å². The van der Waals surface area contributed by atoms with Gasteiger partial charge in [-0.05, 0) is 26.2 Å². The van der Waals surface area contributed by atoms with E-state index in [1.807, 2.05) is 11.8 Å². The van der Waals surface area contributed by atoms with Gasteiger partial charge >= 0.3 is 6.03 Å². The van der Waals surface area contributed by atoms with E-state index in [-0.39, 0.29) is 23.9 Å². The summed E-state index contributed by atoms with van der Waals surface area (Å²) in [5, 5.41) is 5.81. The number of carbonyl (C=O) groups is 2. The molecule has 0 spiro atoms. The second kappa shape index (κ2) is 8.36. The van der Waals surface area contributed by atoms with Crippen molar-refractivity contribution in [1.29, 1.82) is 0 Å². The zero-order chi connectivity index (χ0) is 15.9. The highest BCUT2D eigenvalue weighted by Crippen LogP contribution is 2.25. The minimum atomic E-state index is -0.0930. The van der Waals surface area contributed by atoms with Gasteiger partial charge in [0.25, 0.3) is 0 Å². The molecule has 0 aromatic heterocycles. The van der Waals surface area contributed by atoms with Crippen LogP contribution in [0.4, 0.5) is 4.79 Å². The highest BCUT2D eigenvalue weighted by atomic mass is 16.5. The smallest absolute Gasteiger partial charge is 0.317 e. The fourth-order valence-corrected chi connectivity index (χ4v) is 3.49. The molecular formula is C16H29N3O3. The SMILES string of the molecule is CCOC[C@@H]1CCN(C(=O)N[C@@H]2CCCC[C@H]2C(=O)NC)C1. The van der Waals surface area contributed by atoms with Gasteiger partial charge in [0.2, 0.25) is 5.91 Å². The van der Waals surface area contributed by atoms with E-state index in [9.17, 15) is 9.59 Å². The number of hydrogen-bond donors (Lipinski definition) is 2. The van der Waals surface area contributed by atoms with E-state index in [0.717, 1.165) is 58.4 Å². The molecule has 1 saturated carbocycles. The van der Waals surface area contributed by atoms with Gasteiger partial charge in [-0.2, -0.15) is 0 Å². The molecule has 1 aliphatic carbocycles. The lowest BCUT2D eigenvalue weighted by Crippen LogP contribution is -2.51. The molecule has 1 saturated heterocycles. The largest absolute Gasteiger partial charge is 0.381 e. The Morgan fingerprint density at radius 1 is 1.23 bits per heavy atom. The van der Waals surface area contributed by atoms with Crippen LogP contribution in [-0.2, 0) is 9.53 Å². The molecule has 3 amide bonds. The zero-order valence-corrected chi connectivity index (χ0v) is 13.8. The van der Waals surface area contributed by atoms with Gasteiger partial charge in [-0.25, -0.2) is 4.79 Å². The van der Waals surface area contributed by atoms with Gasteiger partial charge in [0.15, 0.2) is 0 Å². The molecular weight excluding hydrogens is 282 g/mol. The number of likely N-dealkylation sites (tertiary alicyclic amines) is 1. The van der Waals surface area contributed by atoms with E-state index in [1.165, 1.54) is 0 Å². The number of nitrogens with one attached hydrogen (secondary N) is 2. The first-order valence-corrected chi connectivity index (χ1v) is 8.50. The molecule has 6 nitrogen and oxygen atoms in total. The Hall–Kier alpha value is -1.30. The van der Waals surface area contributed by atoms with Crippen molar-refractivity contribution in [1.82, 2.24) is 15.5 Å². The van der Waals surface area contributed by atoms with Crippen LogP contribution in [-0.4, -0.2) is 56.2 Å². The van der Waals surface area contributed by atoms with Crippen molar-refractivity contribution >= 4 is 11.9 Å². The van der Waals surface area contributed by atoms with Crippen molar-refractivity contribution in [2.24, 2.45) is 11.8 Å². The van der Waals surface area contributed by atoms with Crippen LogP contribution in [0.3, 0.4) is 0 Å². The number of urea groups is 1. The van der Waals surface area contributed by atoms with Crippen LogP contribution in [0.5, 0.6) is 0 Å². The van der Waals surface area contributed by atoms with Gasteiger partial charge in [0.05, 0.1) is 12.5 Å². The van der Waals surface area contributed by atoms with E-state index in [0.29, 0.717) is 5.92 Å². The Morgan fingerprint density at radius 3 is 2.73 bits per heavy atom. The van der Waals surface area contributed by atoms with Gasteiger partial charge in [-0.15, -0.1) is 0 Å². The molecule has 126 valence electrons. The average Bonchev–Trinajstić information content (AvgIpc) is 3.01. The van der Waals surface area contributed by atoms with Crippen molar-refractivity contribution in [3.63, 3.8) is 0 Å². The molecule has 0 radical (unpaired) electrons. The Morgan fingerprint density at radius 2 is 2.00 bits per heavy atom. The van der Waals surface area contributed by atoms with Gasteiger partial charge in [0.1, 0.15) is 0 Å². The molecule has 0 aromatic carbocycles. The predicted molar refractivity (Wildman–Crippen MR) is 84.5 cm³/mol. The maximum Gasteiger partial charge on any atom is 0.317 e. The van der Waals surface area contributed by atoms with Crippen LogP contribution in [0, 0.1) is 11.8 Å². The molecule has 1 aliphatic heterocycles. The van der Waals surface area contributed by atoms with E-state index in [4.69, 9.17) is 4.74 Å². The maximum absolute atomic E-state index is 12.4. The Kier molecular flexibility index (Phi) is 6.49. The van der Waals surface area contributed by atoms with Crippen molar-refractivity contribution < 1.29 is 14.3 Å². The molecule has 2 N–H and O–H groups in total. The summed E-state index contributed by atoms with van der Waals surface area (Å²) in [5.74, 6) is 0.386. The lowest BCUT2D eigenvalue weighted by atomic mass is 9.84. The molecule has 6 heteroatoms. The summed E-state index contributed by atoms with van der Waals surface area (Å²) in [7, 11) is 1.66. The maximum atomic E-state index is 12.4. The first-order valence-electron chi connectivity index (χ1n) is 8.50. The number of ether oxygens (including phenoxy) is 1. The van der Waals surface area contributed by atoms with E-state index in [2.05, 4.69) is 10.6 Å². The fourth-order valence-electron chi connectivity index (χ4n) is 3.49. The molecule has 0 bridgehead atoms. The first kappa shape index (κ1) is 17.1. The monoisotopic (exact) mass is 311 g/mol. The van der Waals surface area contributed by atoms with E-state index in [1.54, 1.807) is 7.05 Å². The lowest BCUT2D eigenvalue weighted by molar-refractivity contribution is -0.126. The molecule has 1 heterocycles. The summed E-state index contributed by atoms with van der Waals surface area (Å²) in [6.45, 7) is 4.97. The van der Waals surface area contributed by atoms with E-state index < -0.39 is 0 Å². The Bertz CT molecular complexity index is 389. The summed E-state index contributed by atoms with van der Waals surface area (Å²) >= 11 is 0. The van der Waals surface area contributed by atoms with Crippen LogP contribution in [0.25, 0.3) is 0 Å². The Balaban J connectivity index is 1.84. The summed E-state index contributed by atoms with van der Waals surface area (Å²) in [6.07, 6.45) is 4.88. The number of nitrogens with zero attached hydrogens (tertiary/aromatic N) is 1. The van der Waals surface area contributed by atoms with Gasteiger partial charge < -0.3 is 20.3 Å². The summed E-state index contributed by atoms with van der Waals surface area (Å²) < 4.78 is 5.45. The van der Waals surface area contributed by atoms with Crippen LogP contribution < -0.4 is 10.6 Å². The predicted octanol–water partition coefficient (Wildman–Crippen LogP) is 1.36. The molecule has 0 aromatic rings. The van der Waals surface area contributed by atoms with Gasteiger partial charge in [-0.3, -0.25) is 4.79 Å². The van der Waals surface area contributed by atoms with Gasteiger partial charge in [-0.1, -0.05) is 12.8 Å². The second-order valence-corrected chi connectivity index (χ2v) is 6.32. The normalized spacial score (nSPS) is 28.5. The molecule has 2 aliphatic rings. The molecule has 22 heavy (non-hydrogen) atoms. The quantitative estimate of drug-likeness (QED) is 0.805. The lowest BCUT2D eigenvalue weighted by Gasteiger charge is -2.32. The first-order chi connectivity index (χ1) is 10.7. The van der Waals surface area contributed by atoms with Crippen molar-refractivity contribution in [3.8, 4) is 0 Å². The topological polar surface area (TPSA) is 70.7 Å². The minimum Gasteiger partial charge on any atom is -0.381 e. The van der Waals surface area contributed by atoms with E-state index >= 15 is 0 Å². The number of hydrogen-bond acceptors (Lipinski definition) is 3. The standard InChI is InChI=1S/C16H29N3O3/c1-3-22-11-12-8-9-19(10-12)16(21)18-14-7-5-4-6-13(14)15(20)17-2/h12-14H,3-11H2,1-2H3,(H,17,20)(H,18,21)/t12-,13-,14-/m1/s1. The minimum absolute atomic E-state index is 0.0280. The van der Waals surface area contributed by atoms with Gasteiger partial charge in [0, 0.05) is 38.7 Å².